The molecule has 0 heterocycles. The molecule has 2 amide bonds. The van der Waals surface area contributed by atoms with E-state index in [1.54, 1.807) is 55.5 Å². The average Bonchev–Trinajstić information content (AvgIpc) is 2.90. The molecule has 0 spiro atoms. The molecule has 0 aliphatic heterocycles. The van der Waals surface area contributed by atoms with Gasteiger partial charge in [-0.3, -0.25) is 13.9 Å². The third kappa shape index (κ3) is 7.11. The summed E-state index contributed by atoms with van der Waals surface area (Å²) in [5.41, 5.74) is 1.77. The maximum atomic E-state index is 13.8. The van der Waals surface area contributed by atoms with E-state index in [9.17, 15) is 22.4 Å². The van der Waals surface area contributed by atoms with Crippen molar-refractivity contribution in [2.24, 2.45) is 0 Å². The van der Waals surface area contributed by atoms with Gasteiger partial charge in [-0.05, 0) is 68.3 Å². The summed E-state index contributed by atoms with van der Waals surface area (Å²) in [5.74, 6) is -1.55. The molecule has 0 bridgehead atoms. The van der Waals surface area contributed by atoms with Crippen molar-refractivity contribution < 1.29 is 22.4 Å². The SMILES string of the molecule is CCCNC(=O)[C@@H](C)N(Cc1ccccc1Cl)C(=O)CN(c1ccc(C)cc1)S(=O)(=O)c1ccc(F)cc1. The van der Waals surface area contributed by atoms with Crippen LogP contribution >= 0.6 is 11.6 Å². The van der Waals surface area contributed by atoms with Crippen LogP contribution in [0.3, 0.4) is 0 Å². The molecule has 3 rings (SSSR count). The Hall–Kier alpha value is -3.43. The maximum Gasteiger partial charge on any atom is 0.264 e. The van der Waals surface area contributed by atoms with E-state index in [2.05, 4.69) is 5.32 Å². The first-order valence-corrected chi connectivity index (χ1v) is 14.0. The Labute approximate surface area is 228 Å². The predicted octanol–water partition coefficient (Wildman–Crippen LogP) is 4.93. The van der Waals surface area contributed by atoms with Crippen molar-refractivity contribution in [3.05, 3.63) is 94.8 Å². The van der Waals surface area contributed by atoms with Gasteiger partial charge >= 0.3 is 0 Å². The van der Waals surface area contributed by atoms with Crippen molar-refractivity contribution >= 4 is 39.1 Å². The maximum absolute atomic E-state index is 13.8. The van der Waals surface area contributed by atoms with Crippen molar-refractivity contribution in [1.29, 1.82) is 0 Å². The molecule has 7 nitrogen and oxygen atoms in total. The summed E-state index contributed by atoms with van der Waals surface area (Å²) in [4.78, 5) is 27.8. The van der Waals surface area contributed by atoms with E-state index in [0.29, 0.717) is 23.6 Å². The Balaban J connectivity index is 2.02. The Kier molecular flexibility index (Phi) is 9.88. The lowest BCUT2D eigenvalue weighted by Crippen LogP contribution is -2.51. The molecule has 0 radical (unpaired) electrons. The molecule has 0 saturated carbocycles. The third-order valence-corrected chi connectivity index (χ3v) is 8.17. The topological polar surface area (TPSA) is 86.8 Å². The largest absolute Gasteiger partial charge is 0.354 e. The van der Waals surface area contributed by atoms with Gasteiger partial charge in [0.15, 0.2) is 0 Å². The van der Waals surface area contributed by atoms with Crippen LogP contribution in [-0.4, -0.2) is 44.3 Å². The van der Waals surface area contributed by atoms with Crippen LogP contribution in [-0.2, 0) is 26.2 Å². The van der Waals surface area contributed by atoms with E-state index >= 15 is 0 Å². The zero-order valence-electron chi connectivity index (χ0n) is 21.5. The Bertz CT molecular complexity index is 1370. The number of carbonyl (C=O) groups is 2. The standard InChI is InChI=1S/C28H31ClFN3O4S/c1-4-17-31-28(35)21(3)32(18-22-7-5-6-8-26(22)29)27(34)19-33(24-13-9-20(2)10-14-24)38(36,37)25-15-11-23(30)12-16-25/h5-16,21H,4,17-19H2,1-3H3,(H,31,35)/t21-/m1/s1. The Morgan fingerprint density at radius 3 is 2.24 bits per heavy atom. The van der Waals surface area contributed by atoms with Crippen LogP contribution in [0.15, 0.2) is 77.7 Å². The zero-order chi connectivity index (χ0) is 27.9. The second-order valence-electron chi connectivity index (χ2n) is 8.88. The molecule has 1 atom stereocenters. The smallest absolute Gasteiger partial charge is 0.264 e. The van der Waals surface area contributed by atoms with E-state index in [1.807, 2.05) is 13.8 Å². The van der Waals surface area contributed by atoms with E-state index in [-0.39, 0.29) is 23.0 Å². The molecule has 0 aliphatic rings. The zero-order valence-corrected chi connectivity index (χ0v) is 23.1. The molecule has 38 heavy (non-hydrogen) atoms. The Morgan fingerprint density at radius 1 is 1.00 bits per heavy atom. The van der Waals surface area contributed by atoms with Crippen molar-refractivity contribution in [3.8, 4) is 0 Å². The number of hydrogen-bond donors (Lipinski definition) is 1. The average molecular weight is 560 g/mol. The minimum absolute atomic E-state index is 0.00243. The van der Waals surface area contributed by atoms with Gasteiger partial charge in [-0.1, -0.05) is 54.4 Å². The molecule has 10 heteroatoms. The van der Waals surface area contributed by atoms with Crippen LogP contribution in [0.4, 0.5) is 10.1 Å². The summed E-state index contributed by atoms with van der Waals surface area (Å²) in [7, 11) is -4.26. The van der Waals surface area contributed by atoms with Gasteiger partial charge in [-0.25, -0.2) is 12.8 Å². The molecule has 3 aromatic carbocycles. The van der Waals surface area contributed by atoms with Crippen LogP contribution in [0.1, 0.15) is 31.4 Å². The fourth-order valence-electron chi connectivity index (χ4n) is 3.76. The fraction of sp³-hybridized carbons (Fsp3) is 0.286. The highest BCUT2D eigenvalue weighted by Crippen LogP contribution is 2.26. The highest BCUT2D eigenvalue weighted by atomic mass is 35.5. The van der Waals surface area contributed by atoms with Crippen LogP contribution in [0.5, 0.6) is 0 Å². The number of nitrogens with zero attached hydrogens (tertiary/aromatic N) is 2. The molecule has 0 aromatic heterocycles. The summed E-state index contributed by atoms with van der Waals surface area (Å²) in [6.45, 7) is 5.21. The number of sulfonamides is 1. The highest BCUT2D eigenvalue weighted by Gasteiger charge is 2.32. The lowest BCUT2D eigenvalue weighted by molar-refractivity contribution is -0.139. The minimum Gasteiger partial charge on any atom is -0.354 e. The summed E-state index contributed by atoms with van der Waals surface area (Å²) in [6.07, 6.45) is 0.716. The Morgan fingerprint density at radius 2 is 1.63 bits per heavy atom. The molecule has 0 aliphatic carbocycles. The lowest BCUT2D eigenvalue weighted by Gasteiger charge is -2.32. The van der Waals surface area contributed by atoms with Gasteiger partial charge < -0.3 is 10.2 Å². The number of anilines is 1. The number of halogens is 2. The number of aryl methyl sites for hydroxylation is 1. The second kappa shape index (κ2) is 12.9. The minimum atomic E-state index is -4.26. The number of hydrogen-bond acceptors (Lipinski definition) is 4. The summed E-state index contributed by atoms with van der Waals surface area (Å²) >= 11 is 6.35. The van der Waals surface area contributed by atoms with Crippen LogP contribution in [0, 0.1) is 12.7 Å². The number of carbonyl (C=O) groups excluding carboxylic acids is 2. The number of amides is 2. The normalized spacial score (nSPS) is 12.0. The van der Waals surface area contributed by atoms with Gasteiger partial charge in [0, 0.05) is 18.1 Å². The first kappa shape index (κ1) is 29.1. The van der Waals surface area contributed by atoms with Crippen LogP contribution in [0.25, 0.3) is 0 Å². The van der Waals surface area contributed by atoms with E-state index in [0.717, 1.165) is 34.1 Å². The monoisotopic (exact) mass is 559 g/mol. The van der Waals surface area contributed by atoms with Gasteiger partial charge in [-0.2, -0.15) is 0 Å². The summed E-state index contributed by atoms with van der Waals surface area (Å²) in [6, 6.07) is 17.1. The second-order valence-corrected chi connectivity index (χ2v) is 11.2. The molecule has 202 valence electrons. The van der Waals surface area contributed by atoms with Crippen molar-refractivity contribution in [2.75, 3.05) is 17.4 Å². The summed E-state index contributed by atoms with van der Waals surface area (Å²) < 4.78 is 41.9. The molecule has 0 unspecified atom stereocenters. The van der Waals surface area contributed by atoms with Gasteiger partial charge in [0.05, 0.1) is 10.6 Å². The van der Waals surface area contributed by atoms with Gasteiger partial charge in [0.2, 0.25) is 11.8 Å². The third-order valence-electron chi connectivity index (χ3n) is 6.02. The molecule has 0 saturated heterocycles. The fourth-order valence-corrected chi connectivity index (χ4v) is 5.37. The van der Waals surface area contributed by atoms with Gasteiger partial charge in [0.1, 0.15) is 18.4 Å². The van der Waals surface area contributed by atoms with Gasteiger partial charge in [0.25, 0.3) is 10.0 Å². The quantitative estimate of drug-likeness (QED) is 0.361. The van der Waals surface area contributed by atoms with E-state index in [1.165, 1.54) is 4.90 Å². The van der Waals surface area contributed by atoms with E-state index in [4.69, 9.17) is 11.6 Å². The highest BCUT2D eigenvalue weighted by molar-refractivity contribution is 7.92. The van der Waals surface area contributed by atoms with Crippen molar-refractivity contribution in [3.63, 3.8) is 0 Å². The first-order valence-electron chi connectivity index (χ1n) is 12.2. The number of rotatable bonds is 11. The lowest BCUT2D eigenvalue weighted by atomic mass is 10.1. The number of benzene rings is 3. The number of nitrogens with one attached hydrogen (secondary N) is 1. The first-order chi connectivity index (χ1) is 18.0. The molecular weight excluding hydrogens is 529 g/mol. The molecule has 1 N–H and O–H groups in total. The molecular formula is C28H31ClFN3O4S. The van der Waals surface area contributed by atoms with Crippen molar-refractivity contribution in [1.82, 2.24) is 10.2 Å². The van der Waals surface area contributed by atoms with Gasteiger partial charge in [-0.15, -0.1) is 0 Å². The molecule has 0 fully saturated rings. The molecule has 3 aromatic rings. The van der Waals surface area contributed by atoms with E-state index < -0.39 is 34.3 Å². The van der Waals surface area contributed by atoms with Crippen LogP contribution < -0.4 is 9.62 Å². The summed E-state index contributed by atoms with van der Waals surface area (Å²) in [5, 5.41) is 3.20. The van der Waals surface area contributed by atoms with Crippen molar-refractivity contribution in [2.45, 2.75) is 44.7 Å². The van der Waals surface area contributed by atoms with Crippen LogP contribution in [0.2, 0.25) is 5.02 Å². The predicted molar refractivity (Wildman–Crippen MR) is 147 cm³/mol.